The third-order valence-corrected chi connectivity index (χ3v) is 5.78. The number of rotatable bonds is 7. The molecule has 28 heavy (non-hydrogen) atoms. The second kappa shape index (κ2) is 9.53. The van der Waals surface area contributed by atoms with E-state index < -0.39 is 0 Å². The minimum atomic E-state index is -0.372. The van der Waals surface area contributed by atoms with Crippen molar-refractivity contribution in [3.63, 3.8) is 0 Å². The van der Waals surface area contributed by atoms with Crippen molar-refractivity contribution in [2.45, 2.75) is 51.5 Å². The third-order valence-electron chi connectivity index (χ3n) is 5.78. The van der Waals surface area contributed by atoms with Crippen molar-refractivity contribution in [1.29, 1.82) is 5.41 Å². The number of benzene rings is 1. The van der Waals surface area contributed by atoms with Crippen LogP contribution in [0.1, 0.15) is 56.1 Å². The first-order valence-electron chi connectivity index (χ1n) is 10.2. The molecule has 1 aromatic rings. The number of hydrogen-bond donors (Lipinski definition) is 4. The smallest absolute Gasteiger partial charge is 0.247 e. The molecule has 6 nitrogen and oxygen atoms in total. The van der Waals surface area contributed by atoms with Gasteiger partial charge in [-0.15, -0.1) is 0 Å². The van der Waals surface area contributed by atoms with Crippen molar-refractivity contribution in [2.24, 2.45) is 17.6 Å². The van der Waals surface area contributed by atoms with Crippen LogP contribution in [-0.4, -0.2) is 24.2 Å². The highest BCUT2D eigenvalue weighted by atomic mass is 16.2. The summed E-state index contributed by atoms with van der Waals surface area (Å²) in [6.07, 6.45) is 9.52. The zero-order valence-electron chi connectivity index (χ0n) is 16.3. The highest BCUT2D eigenvalue weighted by Crippen LogP contribution is 2.27. The molecule has 0 heterocycles. The normalized spacial score (nSPS) is 19.7. The summed E-state index contributed by atoms with van der Waals surface area (Å²) < 4.78 is 0. The molecule has 0 aliphatic heterocycles. The van der Waals surface area contributed by atoms with E-state index in [0.717, 1.165) is 12.0 Å². The van der Waals surface area contributed by atoms with Gasteiger partial charge in [0.2, 0.25) is 11.8 Å². The van der Waals surface area contributed by atoms with E-state index in [0.29, 0.717) is 36.6 Å². The predicted octanol–water partition coefficient (Wildman–Crippen LogP) is 2.62. The number of nitrogens with one attached hydrogen (secondary N) is 3. The Hall–Kier alpha value is -2.63. The molecule has 1 fully saturated rings. The van der Waals surface area contributed by atoms with Crippen molar-refractivity contribution in [1.82, 2.24) is 10.6 Å². The van der Waals surface area contributed by atoms with Crippen LogP contribution < -0.4 is 16.4 Å². The van der Waals surface area contributed by atoms with E-state index >= 15 is 0 Å². The van der Waals surface area contributed by atoms with Gasteiger partial charge in [0, 0.05) is 24.2 Å². The molecule has 1 atom stereocenters. The molecule has 2 aliphatic carbocycles. The van der Waals surface area contributed by atoms with E-state index in [9.17, 15) is 9.59 Å². The first kappa shape index (κ1) is 20.1. The van der Waals surface area contributed by atoms with Crippen LogP contribution in [-0.2, 0) is 16.1 Å². The lowest BCUT2D eigenvalue weighted by molar-refractivity contribution is -0.126. The monoisotopic (exact) mass is 382 g/mol. The molecular weight excluding hydrogens is 352 g/mol. The summed E-state index contributed by atoms with van der Waals surface area (Å²) in [4.78, 5) is 25.2. The van der Waals surface area contributed by atoms with E-state index in [1.165, 1.54) is 32.1 Å². The number of carbonyl (C=O) groups is 2. The van der Waals surface area contributed by atoms with Gasteiger partial charge in [-0.25, -0.2) is 0 Å². The van der Waals surface area contributed by atoms with Crippen molar-refractivity contribution in [2.75, 3.05) is 6.54 Å². The van der Waals surface area contributed by atoms with Crippen molar-refractivity contribution < 1.29 is 9.59 Å². The summed E-state index contributed by atoms with van der Waals surface area (Å²) in [5, 5.41) is 13.4. The molecule has 1 aromatic carbocycles. The lowest BCUT2D eigenvalue weighted by atomic mass is 9.89. The van der Waals surface area contributed by atoms with Gasteiger partial charge in [0.15, 0.2) is 0 Å². The zero-order chi connectivity index (χ0) is 19.9. The highest BCUT2D eigenvalue weighted by Gasteiger charge is 2.31. The molecule has 1 saturated carbocycles. The van der Waals surface area contributed by atoms with Crippen LogP contribution in [0.5, 0.6) is 0 Å². The molecule has 2 amide bonds. The molecule has 0 spiro atoms. The molecule has 6 heteroatoms. The molecule has 3 rings (SSSR count). The maximum atomic E-state index is 12.6. The van der Waals surface area contributed by atoms with Crippen LogP contribution in [0.2, 0.25) is 0 Å². The Labute approximate surface area is 166 Å². The SMILES string of the molecule is N=C(N)c1ccc(CNC(=O)[C@@H]2CCC=C2C(=O)NCC2CCCCC2)cc1. The van der Waals surface area contributed by atoms with Crippen molar-refractivity contribution >= 4 is 17.6 Å². The molecule has 0 radical (unpaired) electrons. The topological polar surface area (TPSA) is 108 Å². The second-order valence-corrected chi connectivity index (χ2v) is 7.83. The highest BCUT2D eigenvalue weighted by molar-refractivity contribution is 6.00. The van der Waals surface area contributed by atoms with Crippen LogP contribution in [0.3, 0.4) is 0 Å². The summed E-state index contributed by atoms with van der Waals surface area (Å²) in [6.45, 7) is 1.11. The van der Waals surface area contributed by atoms with Gasteiger partial charge in [0.1, 0.15) is 5.84 Å². The number of carbonyl (C=O) groups excluding carboxylic acids is 2. The number of amides is 2. The predicted molar refractivity (Wildman–Crippen MR) is 110 cm³/mol. The minimum absolute atomic E-state index is 0.0237. The van der Waals surface area contributed by atoms with E-state index in [2.05, 4.69) is 10.6 Å². The van der Waals surface area contributed by atoms with Gasteiger partial charge >= 0.3 is 0 Å². The third kappa shape index (κ3) is 5.21. The van der Waals surface area contributed by atoms with E-state index in [4.69, 9.17) is 11.1 Å². The molecule has 0 unspecified atom stereocenters. The fourth-order valence-corrected chi connectivity index (χ4v) is 4.07. The number of allylic oxidation sites excluding steroid dienone is 1. The van der Waals surface area contributed by atoms with E-state index in [1.807, 2.05) is 18.2 Å². The maximum Gasteiger partial charge on any atom is 0.247 e. The van der Waals surface area contributed by atoms with Crippen LogP contribution in [0.15, 0.2) is 35.9 Å². The zero-order valence-corrected chi connectivity index (χ0v) is 16.3. The number of nitrogens with two attached hydrogens (primary N) is 1. The van der Waals surface area contributed by atoms with Crippen LogP contribution in [0, 0.1) is 17.2 Å². The summed E-state index contributed by atoms with van der Waals surface area (Å²) in [7, 11) is 0. The largest absolute Gasteiger partial charge is 0.384 e. The first-order chi connectivity index (χ1) is 13.5. The summed E-state index contributed by atoms with van der Waals surface area (Å²) in [6, 6.07) is 7.23. The summed E-state index contributed by atoms with van der Waals surface area (Å²) >= 11 is 0. The number of amidine groups is 1. The van der Waals surface area contributed by atoms with Gasteiger partial charge in [0.25, 0.3) is 0 Å². The average Bonchev–Trinajstić information content (AvgIpc) is 3.21. The fraction of sp³-hybridized carbons (Fsp3) is 0.500. The molecule has 150 valence electrons. The van der Waals surface area contributed by atoms with Crippen molar-refractivity contribution in [3.8, 4) is 0 Å². The van der Waals surface area contributed by atoms with E-state index in [-0.39, 0.29) is 23.6 Å². The Morgan fingerprint density at radius 3 is 2.43 bits per heavy atom. The van der Waals surface area contributed by atoms with E-state index in [1.54, 1.807) is 12.1 Å². The fourth-order valence-electron chi connectivity index (χ4n) is 4.07. The lowest BCUT2D eigenvalue weighted by Crippen LogP contribution is -2.37. The van der Waals surface area contributed by atoms with Gasteiger partial charge in [-0.05, 0) is 37.2 Å². The standard InChI is InChI=1S/C22H30N4O2/c23-20(24)17-11-9-16(10-12-17)14-26-22(28)19-8-4-7-18(19)21(27)25-13-15-5-2-1-3-6-15/h7,9-12,15,19H,1-6,8,13-14H2,(H3,23,24)(H,25,27)(H,26,28)/t19-/m1/s1. The van der Waals surface area contributed by atoms with Gasteiger partial charge in [-0.2, -0.15) is 0 Å². The summed E-state index contributed by atoms with van der Waals surface area (Å²) in [5.41, 5.74) is 7.66. The Balaban J connectivity index is 1.49. The van der Waals surface area contributed by atoms with Crippen molar-refractivity contribution in [3.05, 3.63) is 47.0 Å². The van der Waals surface area contributed by atoms with Gasteiger partial charge in [0.05, 0.1) is 5.92 Å². The average molecular weight is 383 g/mol. The Morgan fingerprint density at radius 1 is 1.04 bits per heavy atom. The van der Waals surface area contributed by atoms with Gasteiger partial charge < -0.3 is 16.4 Å². The van der Waals surface area contributed by atoms with Crippen LogP contribution in [0.4, 0.5) is 0 Å². The van der Waals surface area contributed by atoms with Gasteiger partial charge in [-0.1, -0.05) is 49.6 Å². The lowest BCUT2D eigenvalue weighted by Gasteiger charge is -2.22. The van der Waals surface area contributed by atoms with Crippen LogP contribution in [0.25, 0.3) is 0 Å². The Morgan fingerprint density at radius 2 is 1.75 bits per heavy atom. The molecule has 0 saturated heterocycles. The molecular formula is C22H30N4O2. The van der Waals surface area contributed by atoms with Crippen LogP contribution >= 0.6 is 0 Å². The molecule has 0 aromatic heterocycles. The maximum absolute atomic E-state index is 12.6. The van der Waals surface area contributed by atoms with Gasteiger partial charge in [-0.3, -0.25) is 15.0 Å². The number of nitrogen functional groups attached to an aromatic ring is 1. The molecule has 5 N–H and O–H groups in total. The minimum Gasteiger partial charge on any atom is -0.384 e. The first-order valence-corrected chi connectivity index (χ1v) is 10.2. The quantitative estimate of drug-likeness (QED) is 0.430. The Bertz CT molecular complexity index is 748. The molecule has 2 aliphatic rings. The second-order valence-electron chi connectivity index (χ2n) is 7.83. The summed E-state index contributed by atoms with van der Waals surface area (Å²) in [5.74, 6) is 0.0320. The number of hydrogen-bond acceptors (Lipinski definition) is 3. The molecule has 0 bridgehead atoms. The Kier molecular flexibility index (Phi) is 6.85.